The minimum Gasteiger partial charge on any atom is -0.341 e. The number of ketones is 1. The van der Waals surface area contributed by atoms with E-state index in [1.807, 2.05) is 24.8 Å². The number of likely N-dealkylation sites (N-methyl/N-ethyl adjacent to an activating group) is 1. The Morgan fingerprint density at radius 2 is 1.88 bits per heavy atom. The Hall–Kier alpha value is -4.52. The molecule has 1 unspecified atom stereocenters. The summed E-state index contributed by atoms with van der Waals surface area (Å²) in [6.45, 7) is 4.94. The van der Waals surface area contributed by atoms with E-state index in [9.17, 15) is 24.0 Å². The number of urea groups is 1. The van der Waals surface area contributed by atoms with Gasteiger partial charge < -0.3 is 15.2 Å². The average Bonchev–Trinajstić information content (AvgIpc) is 3.46. The lowest BCUT2D eigenvalue weighted by Gasteiger charge is -2.31. The van der Waals surface area contributed by atoms with Crippen molar-refractivity contribution in [3.8, 4) is 0 Å². The van der Waals surface area contributed by atoms with Gasteiger partial charge in [0, 0.05) is 51.0 Å². The molecule has 2 fully saturated rings. The summed E-state index contributed by atoms with van der Waals surface area (Å²) < 4.78 is 4.00. The first-order chi connectivity index (χ1) is 19.5. The number of nitrogens with two attached hydrogens (primary N) is 1. The van der Waals surface area contributed by atoms with Crippen LogP contribution in [0.15, 0.2) is 45.5 Å². The van der Waals surface area contributed by atoms with Gasteiger partial charge in [0.15, 0.2) is 16.9 Å². The van der Waals surface area contributed by atoms with Crippen LogP contribution in [-0.4, -0.2) is 74.0 Å². The standard InChI is InChI=1S/C28H34N8O5/c1-17(2)10-12-34-23-24(30-26(34)33-11-6-8-19(29)14-33)32(4)28(41)36(25(23)39)15-21(37)18-7-5-9-20(13-18)35-16-22(38)31(3)27(35)40/h5,7,9-10,13,19H,6,8,11-12,14-16,29H2,1-4H3. The van der Waals surface area contributed by atoms with E-state index in [-0.39, 0.29) is 35.2 Å². The van der Waals surface area contributed by atoms with Crippen molar-refractivity contribution in [1.29, 1.82) is 0 Å². The molecule has 216 valence electrons. The molecule has 4 heterocycles. The second-order valence-corrected chi connectivity index (χ2v) is 10.9. The van der Waals surface area contributed by atoms with Crippen LogP contribution >= 0.6 is 0 Å². The molecule has 2 aliphatic rings. The van der Waals surface area contributed by atoms with Gasteiger partial charge in [0.05, 0.1) is 6.54 Å². The zero-order valence-corrected chi connectivity index (χ0v) is 23.7. The first-order valence-electron chi connectivity index (χ1n) is 13.5. The number of allylic oxidation sites excluding steroid dienone is 2. The Labute approximate surface area is 236 Å². The van der Waals surface area contributed by atoms with Crippen molar-refractivity contribution in [2.45, 2.75) is 45.8 Å². The lowest BCUT2D eigenvalue weighted by atomic mass is 10.1. The van der Waals surface area contributed by atoms with E-state index in [1.54, 1.807) is 22.8 Å². The van der Waals surface area contributed by atoms with E-state index in [0.717, 1.165) is 34.4 Å². The highest BCUT2D eigenvalue weighted by Gasteiger charge is 2.34. The van der Waals surface area contributed by atoms with Crippen molar-refractivity contribution in [3.63, 3.8) is 0 Å². The van der Waals surface area contributed by atoms with E-state index < -0.39 is 29.6 Å². The molecule has 0 saturated carbocycles. The molecule has 3 aromatic rings. The van der Waals surface area contributed by atoms with Crippen LogP contribution in [-0.2, 0) is 24.9 Å². The Balaban J connectivity index is 1.56. The minimum atomic E-state index is -0.664. The van der Waals surface area contributed by atoms with Crippen LogP contribution in [0.3, 0.4) is 0 Å². The number of piperidine rings is 1. The quantitative estimate of drug-likeness (QED) is 0.255. The monoisotopic (exact) mass is 562 g/mol. The number of amides is 3. The van der Waals surface area contributed by atoms with Gasteiger partial charge in [-0.3, -0.25) is 33.3 Å². The summed E-state index contributed by atoms with van der Waals surface area (Å²) in [5, 5.41) is 0. The van der Waals surface area contributed by atoms with Crippen LogP contribution in [0, 0.1) is 0 Å². The Bertz CT molecular complexity index is 1710. The fourth-order valence-corrected chi connectivity index (χ4v) is 5.26. The predicted molar refractivity (Wildman–Crippen MR) is 154 cm³/mol. The van der Waals surface area contributed by atoms with Crippen LogP contribution in [0.5, 0.6) is 0 Å². The largest absolute Gasteiger partial charge is 0.341 e. The average molecular weight is 563 g/mol. The Morgan fingerprint density at radius 3 is 2.54 bits per heavy atom. The van der Waals surface area contributed by atoms with Crippen LogP contribution in [0.4, 0.5) is 16.4 Å². The van der Waals surface area contributed by atoms with E-state index >= 15 is 0 Å². The summed E-state index contributed by atoms with van der Waals surface area (Å²) in [5.74, 6) is -0.286. The maximum absolute atomic E-state index is 13.9. The van der Waals surface area contributed by atoms with Crippen LogP contribution in [0.25, 0.3) is 11.2 Å². The molecule has 2 aromatic heterocycles. The summed E-state index contributed by atoms with van der Waals surface area (Å²) >= 11 is 0. The maximum Gasteiger partial charge on any atom is 0.332 e. The second kappa shape index (κ2) is 10.8. The maximum atomic E-state index is 13.9. The minimum absolute atomic E-state index is 0.0244. The van der Waals surface area contributed by atoms with Gasteiger partial charge in [0.25, 0.3) is 5.56 Å². The molecule has 2 N–H and O–H groups in total. The molecular weight excluding hydrogens is 528 g/mol. The number of aryl methyl sites for hydroxylation is 1. The fraction of sp³-hybridized carbons (Fsp3) is 0.429. The van der Waals surface area contributed by atoms with Gasteiger partial charge in [-0.2, -0.15) is 4.98 Å². The van der Waals surface area contributed by atoms with Crippen LogP contribution in [0.2, 0.25) is 0 Å². The summed E-state index contributed by atoms with van der Waals surface area (Å²) in [6.07, 6.45) is 3.76. The van der Waals surface area contributed by atoms with Crippen LogP contribution in [0.1, 0.15) is 37.0 Å². The van der Waals surface area contributed by atoms with Gasteiger partial charge in [-0.15, -0.1) is 0 Å². The molecule has 5 rings (SSSR count). The lowest BCUT2D eigenvalue weighted by Crippen LogP contribution is -2.44. The van der Waals surface area contributed by atoms with Gasteiger partial charge in [-0.25, -0.2) is 9.59 Å². The fourth-order valence-electron chi connectivity index (χ4n) is 5.26. The molecule has 1 aromatic carbocycles. The molecule has 2 aliphatic heterocycles. The third-order valence-corrected chi connectivity index (χ3v) is 7.60. The first-order valence-corrected chi connectivity index (χ1v) is 13.5. The van der Waals surface area contributed by atoms with Crippen LogP contribution < -0.4 is 26.8 Å². The van der Waals surface area contributed by atoms with Gasteiger partial charge >= 0.3 is 11.7 Å². The summed E-state index contributed by atoms with van der Waals surface area (Å²) in [7, 11) is 2.92. The first kappa shape index (κ1) is 28.0. The van der Waals surface area contributed by atoms with Gasteiger partial charge in [0.2, 0.25) is 11.9 Å². The third-order valence-electron chi connectivity index (χ3n) is 7.60. The highest BCUT2D eigenvalue weighted by atomic mass is 16.2. The molecule has 13 nitrogen and oxygen atoms in total. The molecule has 41 heavy (non-hydrogen) atoms. The topological polar surface area (TPSA) is 149 Å². The number of aromatic nitrogens is 4. The second-order valence-electron chi connectivity index (χ2n) is 10.9. The molecule has 0 aliphatic carbocycles. The van der Waals surface area contributed by atoms with E-state index in [4.69, 9.17) is 10.7 Å². The number of benzene rings is 1. The third kappa shape index (κ3) is 5.08. The molecule has 0 bridgehead atoms. The number of fused-ring (bicyclic) bond motifs is 1. The predicted octanol–water partition coefficient (Wildman–Crippen LogP) is 1.07. The number of imide groups is 1. The number of carbonyl (C=O) groups is 3. The molecular formula is C28H34N8O5. The van der Waals surface area contributed by atoms with Gasteiger partial charge in [-0.1, -0.05) is 23.8 Å². The Kier molecular flexibility index (Phi) is 7.39. The summed E-state index contributed by atoms with van der Waals surface area (Å²) in [5.41, 5.74) is 7.04. The van der Waals surface area contributed by atoms with Crippen molar-refractivity contribution in [2.75, 3.05) is 36.5 Å². The number of hydrogen-bond donors (Lipinski definition) is 1. The number of rotatable bonds is 7. The lowest BCUT2D eigenvalue weighted by molar-refractivity contribution is -0.123. The number of hydrogen-bond acceptors (Lipinski definition) is 8. The molecule has 3 amide bonds. The smallest absolute Gasteiger partial charge is 0.332 e. The molecule has 13 heteroatoms. The normalized spacial score (nSPS) is 17.6. The molecule has 2 saturated heterocycles. The van der Waals surface area contributed by atoms with Crippen molar-refractivity contribution in [1.82, 2.24) is 23.6 Å². The van der Waals surface area contributed by atoms with E-state index in [1.165, 1.54) is 29.6 Å². The van der Waals surface area contributed by atoms with Gasteiger partial charge in [-0.05, 0) is 38.8 Å². The number of carbonyl (C=O) groups excluding carboxylic acids is 3. The van der Waals surface area contributed by atoms with Crippen molar-refractivity contribution < 1.29 is 14.4 Å². The number of imidazole rings is 1. The SMILES string of the molecule is CC(C)=CCn1c(N2CCCC(N)C2)nc2c1c(=O)n(CC(=O)c1cccc(N3CC(=O)N(C)C3=O)c1)c(=O)n2C. The number of Topliss-reactive ketones (excluding diaryl/α,β-unsaturated/α-hetero) is 1. The highest BCUT2D eigenvalue weighted by molar-refractivity contribution is 6.12. The van der Waals surface area contributed by atoms with Gasteiger partial charge in [0.1, 0.15) is 6.54 Å². The van der Waals surface area contributed by atoms with E-state index in [2.05, 4.69) is 0 Å². The summed E-state index contributed by atoms with van der Waals surface area (Å²) in [4.78, 5) is 74.1. The number of nitrogens with zero attached hydrogens (tertiary/aromatic N) is 7. The van der Waals surface area contributed by atoms with Crippen molar-refractivity contribution in [3.05, 3.63) is 62.3 Å². The van der Waals surface area contributed by atoms with Crippen molar-refractivity contribution >= 4 is 40.5 Å². The zero-order valence-electron chi connectivity index (χ0n) is 23.7. The molecule has 0 spiro atoms. The zero-order chi connectivity index (χ0) is 29.6. The van der Waals surface area contributed by atoms with Crippen molar-refractivity contribution in [2.24, 2.45) is 12.8 Å². The van der Waals surface area contributed by atoms with E-state index in [0.29, 0.717) is 24.7 Å². The molecule has 0 radical (unpaired) electrons. The highest BCUT2D eigenvalue weighted by Crippen LogP contribution is 2.24. The number of anilines is 2. The Morgan fingerprint density at radius 1 is 1.12 bits per heavy atom. The molecule has 1 atom stereocenters. The summed E-state index contributed by atoms with van der Waals surface area (Å²) in [6, 6.07) is 5.72.